The maximum absolute atomic E-state index is 12.8. The van der Waals surface area contributed by atoms with E-state index in [1.165, 1.54) is 0 Å². The van der Waals surface area contributed by atoms with Crippen LogP contribution in [0.5, 0.6) is 5.75 Å². The predicted molar refractivity (Wildman–Crippen MR) is 86.8 cm³/mol. The Morgan fingerprint density at radius 3 is 2.86 bits per heavy atom. The highest BCUT2D eigenvalue weighted by atomic mass is 79.9. The minimum absolute atomic E-state index is 0.0686. The number of anilines is 2. The van der Waals surface area contributed by atoms with Crippen molar-refractivity contribution in [2.45, 2.75) is 6.42 Å². The molecule has 0 unspecified atom stereocenters. The summed E-state index contributed by atoms with van der Waals surface area (Å²) in [5.74, 6) is 0.673. The Balaban J connectivity index is 2.01. The number of hydrogen-bond donors (Lipinski definition) is 1. The number of carbonyl (C=O) groups excluding carboxylic acids is 1. The zero-order valence-electron chi connectivity index (χ0n) is 11.4. The molecule has 2 aromatic carbocycles. The van der Waals surface area contributed by atoms with E-state index in [1.807, 2.05) is 24.3 Å². The van der Waals surface area contributed by atoms with Crippen LogP contribution in [0, 0.1) is 0 Å². The number of para-hydroxylation sites is 2. The topological polar surface area (TPSA) is 55.6 Å². The molecule has 0 aliphatic carbocycles. The normalized spacial score (nSPS) is 14.0. The number of halogens is 1. The maximum atomic E-state index is 12.8. The van der Waals surface area contributed by atoms with E-state index in [0.717, 1.165) is 22.3 Å². The molecule has 2 aromatic rings. The quantitative estimate of drug-likeness (QED) is 0.804. The van der Waals surface area contributed by atoms with Crippen LogP contribution in [-0.4, -0.2) is 19.1 Å². The summed E-state index contributed by atoms with van der Waals surface area (Å²) in [6.45, 7) is 1.24. The fraction of sp³-hybridized carbons (Fsp3) is 0.188. The number of rotatable bonds is 1. The van der Waals surface area contributed by atoms with Gasteiger partial charge in [0, 0.05) is 22.3 Å². The lowest BCUT2D eigenvalue weighted by molar-refractivity contribution is 0.0987. The Kier molecular flexibility index (Phi) is 3.84. The van der Waals surface area contributed by atoms with Crippen LogP contribution in [0.3, 0.4) is 0 Å². The van der Waals surface area contributed by atoms with Crippen molar-refractivity contribution >= 4 is 33.2 Å². The van der Waals surface area contributed by atoms with Crippen molar-refractivity contribution in [1.82, 2.24) is 0 Å². The van der Waals surface area contributed by atoms with Crippen LogP contribution >= 0.6 is 15.9 Å². The summed E-state index contributed by atoms with van der Waals surface area (Å²) in [6.07, 6.45) is 0.796. The molecular weight excluding hydrogens is 332 g/mol. The highest BCUT2D eigenvalue weighted by Gasteiger charge is 2.23. The van der Waals surface area contributed by atoms with Crippen LogP contribution in [0.15, 0.2) is 46.9 Å². The van der Waals surface area contributed by atoms with Crippen molar-refractivity contribution in [1.29, 1.82) is 0 Å². The first-order valence-electron chi connectivity index (χ1n) is 6.75. The molecule has 0 spiro atoms. The first-order valence-corrected chi connectivity index (χ1v) is 7.54. The Labute approximate surface area is 131 Å². The third kappa shape index (κ3) is 2.88. The lowest BCUT2D eigenvalue weighted by Gasteiger charge is -2.22. The van der Waals surface area contributed by atoms with Gasteiger partial charge in [0.1, 0.15) is 5.75 Å². The van der Waals surface area contributed by atoms with Crippen LogP contribution < -0.4 is 15.4 Å². The molecule has 1 heterocycles. The number of benzene rings is 2. The summed E-state index contributed by atoms with van der Waals surface area (Å²) in [7, 11) is 0. The van der Waals surface area contributed by atoms with Gasteiger partial charge < -0.3 is 15.4 Å². The van der Waals surface area contributed by atoms with Gasteiger partial charge >= 0.3 is 0 Å². The lowest BCUT2D eigenvalue weighted by atomic mass is 10.1. The molecule has 2 N–H and O–H groups in total. The largest absolute Gasteiger partial charge is 0.491 e. The van der Waals surface area contributed by atoms with Gasteiger partial charge in [-0.1, -0.05) is 28.1 Å². The van der Waals surface area contributed by atoms with Crippen molar-refractivity contribution in [3.05, 3.63) is 52.5 Å². The first-order chi connectivity index (χ1) is 10.1. The average Bonchev–Trinajstić information content (AvgIpc) is 2.68. The molecule has 0 aromatic heterocycles. The van der Waals surface area contributed by atoms with Crippen molar-refractivity contribution in [3.63, 3.8) is 0 Å². The molecule has 5 heteroatoms. The van der Waals surface area contributed by atoms with Crippen LogP contribution in [0.4, 0.5) is 11.4 Å². The van der Waals surface area contributed by atoms with Gasteiger partial charge in [0.15, 0.2) is 0 Å². The number of hydrogen-bond acceptors (Lipinski definition) is 3. The Morgan fingerprint density at radius 1 is 1.24 bits per heavy atom. The summed E-state index contributed by atoms with van der Waals surface area (Å²) in [5, 5.41) is 0. The highest BCUT2D eigenvalue weighted by molar-refractivity contribution is 9.10. The van der Waals surface area contributed by atoms with Gasteiger partial charge in [0.05, 0.1) is 12.3 Å². The van der Waals surface area contributed by atoms with Crippen LogP contribution in [0.25, 0.3) is 0 Å². The molecule has 0 fully saturated rings. The van der Waals surface area contributed by atoms with E-state index < -0.39 is 0 Å². The van der Waals surface area contributed by atoms with Gasteiger partial charge in [0.2, 0.25) is 0 Å². The number of nitrogen functional groups attached to an aromatic ring is 1. The predicted octanol–water partition coefficient (Wildman–Crippen LogP) is 3.46. The minimum Gasteiger partial charge on any atom is -0.491 e. The number of ether oxygens (including phenoxy) is 1. The van der Waals surface area contributed by atoms with Crippen LogP contribution in [-0.2, 0) is 0 Å². The molecule has 0 saturated heterocycles. The standard InChI is InChI=1S/C16H15BrN2O2/c17-12-8-11(9-13(18)10-12)16(20)19-6-3-7-21-15-5-2-1-4-14(15)19/h1-2,4-5,8-10H,3,6-7,18H2. The monoisotopic (exact) mass is 346 g/mol. The number of nitrogens with zero attached hydrogens (tertiary/aromatic N) is 1. The third-order valence-electron chi connectivity index (χ3n) is 3.35. The van der Waals surface area contributed by atoms with Gasteiger partial charge in [-0.05, 0) is 36.8 Å². The van der Waals surface area contributed by atoms with Crippen molar-refractivity contribution in [2.75, 3.05) is 23.8 Å². The molecular formula is C16H15BrN2O2. The fourth-order valence-electron chi connectivity index (χ4n) is 2.43. The van der Waals surface area contributed by atoms with Crippen molar-refractivity contribution in [2.24, 2.45) is 0 Å². The second-order valence-corrected chi connectivity index (χ2v) is 5.82. The van der Waals surface area contributed by atoms with E-state index in [2.05, 4.69) is 15.9 Å². The third-order valence-corrected chi connectivity index (χ3v) is 3.81. The number of nitrogens with two attached hydrogens (primary N) is 1. The molecule has 108 valence electrons. The first kappa shape index (κ1) is 13.9. The number of carbonyl (C=O) groups is 1. The number of fused-ring (bicyclic) bond motifs is 1. The molecule has 1 aliphatic rings. The minimum atomic E-state index is -0.0686. The molecule has 3 rings (SSSR count). The average molecular weight is 347 g/mol. The van der Waals surface area contributed by atoms with E-state index in [0.29, 0.717) is 24.4 Å². The number of amides is 1. The summed E-state index contributed by atoms with van der Waals surface area (Å²) in [6, 6.07) is 12.9. The lowest BCUT2D eigenvalue weighted by Crippen LogP contribution is -2.31. The molecule has 1 aliphatic heterocycles. The molecule has 21 heavy (non-hydrogen) atoms. The maximum Gasteiger partial charge on any atom is 0.258 e. The van der Waals surface area contributed by atoms with Crippen LogP contribution in [0.2, 0.25) is 0 Å². The Morgan fingerprint density at radius 2 is 2.05 bits per heavy atom. The summed E-state index contributed by atoms with van der Waals surface area (Å²) >= 11 is 3.38. The molecule has 1 amide bonds. The van der Waals surface area contributed by atoms with Gasteiger partial charge in [-0.25, -0.2) is 0 Å². The van der Waals surface area contributed by atoms with Gasteiger partial charge in [0.25, 0.3) is 5.91 Å². The Hall–Kier alpha value is -2.01. The fourth-order valence-corrected chi connectivity index (χ4v) is 2.94. The zero-order chi connectivity index (χ0) is 14.8. The van der Waals surface area contributed by atoms with E-state index in [-0.39, 0.29) is 5.91 Å². The van der Waals surface area contributed by atoms with Crippen LogP contribution in [0.1, 0.15) is 16.8 Å². The van der Waals surface area contributed by atoms with E-state index >= 15 is 0 Å². The molecule has 0 saturated carbocycles. The Bertz CT molecular complexity index is 667. The molecule has 0 bridgehead atoms. The van der Waals surface area contributed by atoms with E-state index in [1.54, 1.807) is 23.1 Å². The van der Waals surface area contributed by atoms with Crippen molar-refractivity contribution < 1.29 is 9.53 Å². The second-order valence-electron chi connectivity index (χ2n) is 4.90. The molecule has 0 radical (unpaired) electrons. The molecule has 4 nitrogen and oxygen atoms in total. The highest BCUT2D eigenvalue weighted by Crippen LogP contribution is 2.32. The zero-order valence-corrected chi connectivity index (χ0v) is 13.0. The van der Waals surface area contributed by atoms with Crippen molar-refractivity contribution in [3.8, 4) is 5.75 Å². The van der Waals surface area contributed by atoms with E-state index in [4.69, 9.17) is 10.5 Å². The summed E-state index contributed by atoms with van der Waals surface area (Å²) in [4.78, 5) is 14.6. The van der Waals surface area contributed by atoms with Gasteiger partial charge in [-0.15, -0.1) is 0 Å². The second kappa shape index (κ2) is 5.77. The van der Waals surface area contributed by atoms with Gasteiger partial charge in [-0.2, -0.15) is 0 Å². The SMILES string of the molecule is Nc1cc(Br)cc(C(=O)N2CCCOc3ccccc32)c1. The summed E-state index contributed by atoms with van der Waals surface area (Å²) < 4.78 is 6.48. The smallest absolute Gasteiger partial charge is 0.258 e. The molecule has 0 atom stereocenters. The van der Waals surface area contributed by atoms with E-state index in [9.17, 15) is 4.79 Å². The van der Waals surface area contributed by atoms with Gasteiger partial charge in [-0.3, -0.25) is 4.79 Å². The summed E-state index contributed by atoms with van der Waals surface area (Å²) in [5.41, 5.74) is 7.76.